The molecule has 1 N–H and O–H groups in total. The lowest BCUT2D eigenvalue weighted by molar-refractivity contribution is 0.402. The summed E-state index contributed by atoms with van der Waals surface area (Å²) in [5.74, 6) is 1.55. The zero-order valence-corrected chi connectivity index (χ0v) is 14.3. The molecule has 2 rings (SSSR count). The van der Waals surface area contributed by atoms with Crippen LogP contribution in [0.3, 0.4) is 0 Å². The summed E-state index contributed by atoms with van der Waals surface area (Å²) in [7, 11) is -3.46. The summed E-state index contributed by atoms with van der Waals surface area (Å²) in [5, 5.41) is 3.24. The fourth-order valence-electron chi connectivity index (χ4n) is 2.90. The highest BCUT2D eigenvalue weighted by Crippen LogP contribution is 2.31. The molecule has 0 saturated carbocycles. The average molecular weight is 314 g/mol. The maximum atomic E-state index is 12.8. The molecule has 21 heavy (non-hydrogen) atoms. The van der Waals surface area contributed by atoms with Gasteiger partial charge in [0.2, 0.25) is 10.0 Å². The fraction of sp³-hybridized carbons (Fsp3) is 0.733. The summed E-state index contributed by atoms with van der Waals surface area (Å²) in [6.07, 6.45) is 0.915. The second-order valence-electron chi connectivity index (χ2n) is 6.43. The second kappa shape index (κ2) is 6.10. The van der Waals surface area contributed by atoms with Crippen molar-refractivity contribution in [3.63, 3.8) is 0 Å². The number of furan rings is 1. The van der Waals surface area contributed by atoms with Crippen molar-refractivity contribution in [2.24, 2.45) is 5.92 Å². The predicted molar refractivity (Wildman–Crippen MR) is 82.6 cm³/mol. The smallest absolute Gasteiger partial charge is 0.246 e. The van der Waals surface area contributed by atoms with E-state index in [-0.39, 0.29) is 6.04 Å². The molecule has 120 valence electrons. The van der Waals surface area contributed by atoms with Crippen LogP contribution in [0, 0.1) is 12.8 Å². The maximum absolute atomic E-state index is 12.8. The highest BCUT2D eigenvalue weighted by Gasteiger charge is 2.37. The molecule has 1 aromatic heterocycles. The van der Waals surface area contributed by atoms with Crippen molar-refractivity contribution in [2.45, 2.75) is 64.6 Å². The molecular formula is C15H26N2O3S. The zero-order chi connectivity index (χ0) is 15.8. The minimum atomic E-state index is -3.46. The molecule has 0 aromatic carbocycles. The van der Waals surface area contributed by atoms with Crippen molar-refractivity contribution in [1.82, 2.24) is 9.62 Å². The number of nitrogens with one attached hydrogen (secondary N) is 1. The normalized spacial score (nSPS) is 24.1. The van der Waals surface area contributed by atoms with Gasteiger partial charge in [-0.05, 0) is 26.2 Å². The van der Waals surface area contributed by atoms with Crippen molar-refractivity contribution in [3.8, 4) is 0 Å². The number of aryl methyl sites for hydroxylation is 1. The summed E-state index contributed by atoms with van der Waals surface area (Å²) in [6.45, 7) is 11.0. The maximum Gasteiger partial charge on any atom is 0.246 e. The van der Waals surface area contributed by atoms with Crippen molar-refractivity contribution in [3.05, 3.63) is 17.6 Å². The number of sulfonamides is 1. The number of nitrogens with zero attached hydrogens (tertiary/aromatic N) is 1. The van der Waals surface area contributed by atoms with Gasteiger partial charge in [0.15, 0.2) is 0 Å². The van der Waals surface area contributed by atoms with Crippen LogP contribution in [-0.2, 0) is 16.6 Å². The van der Waals surface area contributed by atoms with Crippen LogP contribution in [0.2, 0.25) is 0 Å². The summed E-state index contributed by atoms with van der Waals surface area (Å²) < 4.78 is 32.8. The molecule has 2 unspecified atom stereocenters. The Bertz CT molecular complexity index is 592. The molecule has 0 spiro atoms. The van der Waals surface area contributed by atoms with Crippen LogP contribution in [0.25, 0.3) is 0 Å². The van der Waals surface area contributed by atoms with Gasteiger partial charge in [0.1, 0.15) is 16.4 Å². The second-order valence-corrected chi connectivity index (χ2v) is 8.29. The summed E-state index contributed by atoms with van der Waals surface area (Å²) in [6, 6.07) is 2.04. The van der Waals surface area contributed by atoms with Crippen molar-refractivity contribution >= 4 is 10.0 Å². The SMILES string of the molecule is Cc1oc(CNC(C)C)cc1S(=O)(=O)N1CC(C)CC1C. The van der Waals surface area contributed by atoms with Crippen LogP contribution in [0.5, 0.6) is 0 Å². The van der Waals surface area contributed by atoms with E-state index < -0.39 is 10.0 Å². The van der Waals surface area contributed by atoms with E-state index in [4.69, 9.17) is 4.42 Å². The minimum absolute atomic E-state index is 0.0524. The van der Waals surface area contributed by atoms with Crippen LogP contribution in [0.4, 0.5) is 0 Å². The van der Waals surface area contributed by atoms with E-state index in [1.807, 2.05) is 20.8 Å². The molecule has 1 aromatic rings. The lowest BCUT2D eigenvalue weighted by atomic mass is 10.1. The molecule has 1 aliphatic rings. The van der Waals surface area contributed by atoms with E-state index >= 15 is 0 Å². The number of hydrogen-bond donors (Lipinski definition) is 1. The van der Waals surface area contributed by atoms with Crippen LogP contribution in [-0.4, -0.2) is 31.4 Å². The van der Waals surface area contributed by atoms with Gasteiger partial charge in [-0.1, -0.05) is 20.8 Å². The first-order valence-electron chi connectivity index (χ1n) is 7.56. The third kappa shape index (κ3) is 3.49. The summed E-state index contributed by atoms with van der Waals surface area (Å²) in [4.78, 5) is 0.309. The van der Waals surface area contributed by atoms with Crippen molar-refractivity contribution in [1.29, 1.82) is 0 Å². The van der Waals surface area contributed by atoms with Crippen molar-refractivity contribution < 1.29 is 12.8 Å². The molecular weight excluding hydrogens is 288 g/mol. The number of hydrogen-bond acceptors (Lipinski definition) is 4. The van der Waals surface area contributed by atoms with E-state index in [1.165, 1.54) is 0 Å². The zero-order valence-electron chi connectivity index (χ0n) is 13.5. The fourth-order valence-corrected chi connectivity index (χ4v) is 4.84. The van der Waals surface area contributed by atoms with E-state index in [2.05, 4.69) is 12.2 Å². The van der Waals surface area contributed by atoms with Gasteiger partial charge in [0.05, 0.1) is 6.54 Å². The molecule has 0 amide bonds. The highest BCUT2D eigenvalue weighted by molar-refractivity contribution is 7.89. The van der Waals surface area contributed by atoms with Crippen LogP contribution >= 0.6 is 0 Å². The first-order valence-corrected chi connectivity index (χ1v) is 9.00. The summed E-state index contributed by atoms with van der Waals surface area (Å²) in [5.41, 5.74) is 0. The Hall–Kier alpha value is -0.850. The van der Waals surface area contributed by atoms with Crippen LogP contribution in [0.1, 0.15) is 45.6 Å². The van der Waals surface area contributed by atoms with Gasteiger partial charge in [-0.2, -0.15) is 4.31 Å². The van der Waals surface area contributed by atoms with E-state index in [9.17, 15) is 8.42 Å². The van der Waals surface area contributed by atoms with Gasteiger partial charge in [-0.3, -0.25) is 0 Å². The molecule has 5 nitrogen and oxygen atoms in total. The first kappa shape index (κ1) is 16.5. The summed E-state index contributed by atoms with van der Waals surface area (Å²) >= 11 is 0. The van der Waals surface area contributed by atoms with Crippen LogP contribution < -0.4 is 5.32 Å². The predicted octanol–water partition coefficient (Wildman–Crippen LogP) is 2.51. The van der Waals surface area contributed by atoms with Gasteiger partial charge >= 0.3 is 0 Å². The van der Waals surface area contributed by atoms with Crippen molar-refractivity contribution in [2.75, 3.05) is 6.54 Å². The Morgan fingerprint density at radius 3 is 2.62 bits per heavy atom. The molecule has 2 heterocycles. The molecule has 1 aliphatic heterocycles. The minimum Gasteiger partial charge on any atom is -0.464 e. The van der Waals surface area contributed by atoms with Gasteiger partial charge in [-0.15, -0.1) is 0 Å². The molecule has 2 atom stereocenters. The molecule has 6 heteroatoms. The van der Waals surface area contributed by atoms with Gasteiger partial charge in [0.25, 0.3) is 0 Å². The van der Waals surface area contributed by atoms with Gasteiger partial charge in [-0.25, -0.2) is 8.42 Å². The topological polar surface area (TPSA) is 62.6 Å². The van der Waals surface area contributed by atoms with E-state index in [0.717, 1.165) is 6.42 Å². The number of rotatable bonds is 5. The Balaban J connectivity index is 2.24. The quantitative estimate of drug-likeness (QED) is 0.907. The van der Waals surface area contributed by atoms with Gasteiger partial charge < -0.3 is 9.73 Å². The largest absolute Gasteiger partial charge is 0.464 e. The highest BCUT2D eigenvalue weighted by atomic mass is 32.2. The monoisotopic (exact) mass is 314 g/mol. The Kier molecular flexibility index (Phi) is 4.80. The Labute approximate surface area is 127 Å². The molecule has 0 bridgehead atoms. The van der Waals surface area contributed by atoms with Gasteiger partial charge in [0, 0.05) is 24.7 Å². The lowest BCUT2D eigenvalue weighted by Gasteiger charge is -2.20. The lowest BCUT2D eigenvalue weighted by Crippen LogP contribution is -2.34. The average Bonchev–Trinajstić information content (AvgIpc) is 2.90. The van der Waals surface area contributed by atoms with E-state index in [1.54, 1.807) is 17.3 Å². The van der Waals surface area contributed by atoms with E-state index in [0.29, 0.717) is 41.5 Å². The first-order chi connectivity index (χ1) is 9.71. The molecule has 1 saturated heterocycles. The molecule has 1 fully saturated rings. The van der Waals surface area contributed by atoms with Crippen LogP contribution in [0.15, 0.2) is 15.4 Å². The third-order valence-electron chi connectivity index (χ3n) is 3.92. The standard InChI is InChI=1S/C15H26N2O3S/c1-10(2)16-8-14-7-15(13(5)20-14)21(18,19)17-9-11(3)6-12(17)4/h7,10-12,16H,6,8-9H2,1-5H3. The molecule has 0 radical (unpaired) electrons. The third-order valence-corrected chi connectivity index (χ3v) is 6.01. The Morgan fingerprint density at radius 1 is 1.43 bits per heavy atom. The molecule has 0 aliphatic carbocycles. The Morgan fingerprint density at radius 2 is 2.10 bits per heavy atom.